The monoisotopic (exact) mass is 1480 g/mol. The second-order valence-electron chi connectivity index (χ2n) is 25.2. The molecule has 0 aliphatic carbocycles. The number of amides is 4. The van der Waals surface area contributed by atoms with E-state index < -0.39 is 38.5 Å². The van der Waals surface area contributed by atoms with Gasteiger partial charge in [-0.15, -0.1) is 13.2 Å². The van der Waals surface area contributed by atoms with Crippen LogP contribution in [0.15, 0.2) is 219 Å². The summed E-state index contributed by atoms with van der Waals surface area (Å²) in [6, 6.07) is 54.2. The Morgan fingerprint density at radius 3 is 1.47 bits per heavy atom. The molecule has 2 fully saturated rings. The third-order valence-electron chi connectivity index (χ3n) is 17.6. The Morgan fingerprint density at radius 2 is 0.982 bits per heavy atom. The van der Waals surface area contributed by atoms with Crippen LogP contribution < -0.4 is 20.4 Å². The van der Waals surface area contributed by atoms with Crippen LogP contribution in [-0.2, 0) is 33.9 Å². The number of carbonyl (C=O) groups is 5. The van der Waals surface area contributed by atoms with Gasteiger partial charge in [0.2, 0.25) is 23.8 Å². The number of aryl methyl sites for hydroxylation is 1. The number of morpholine rings is 1. The second-order valence-corrected chi connectivity index (χ2v) is 25.2. The summed E-state index contributed by atoms with van der Waals surface area (Å²) in [5.74, 6) is -0.0715. The number of non-ortho nitro benzene ring substituents is 3. The fraction of sp³-hybridized carbons (Fsp3) is 0.228. The molecule has 0 spiro atoms. The fourth-order valence-electron chi connectivity index (χ4n) is 12.3. The van der Waals surface area contributed by atoms with Gasteiger partial charge in [0.25, 0.3) is 40.7 Å². The zero-order chi connectivity index (χ0) is 76.5. The average molecular weight is 1480 g/mol. The second kappa shape index (κ2) is 36.0. The third kappa shape index (κ3) is 18.6. The molecule has 560 valence electrons. The van der Waals surface area contributed by atoms with Crippen LogP contribution >= 0.6 is 0 Å². The first-order valence-corrected chi connectivity index (χ1v) is 34.4. The summed E-state index contributed by atoms with van der Waals surface area (Å²) in [6.45, 7) is 17.0. The number of rotatable bonds is 22. The first kappa shape index (κ1) is 78.1. The van der Waals surface area contributed by atoms with Crippen LogP contribution in [0, 0.1) is 37.3 Å². The van der Waals surface area contributed by atoms with Crippen molar-refractivity contribution in [3.63, 3.8) is 0 Å². The number of ether oxygens (including phenoxy) is 2. The molecule has 109 heavy (non-hydrogen) atoms. The maximum atomic E-state index is 13.1. The van der Waals surface area contributed by atoms with Crippen molar-refractivity contribution in [3.05, 3.63) is 278 Å². The standard InChI is InChI=1S/C21H21N3O.C20H21N5O4.C19H16N4O5.C18H19N5O3.CH4/c1-4-13-23-19-12-7-6-11-18(19)22-21(23)24(14-5-2)20(25)17-10-8-9-16(3)15-17;26-19(15-4-3-5-16(14-15)25(27)28)22-20-21-17-6-1-2-7-18(17)24(20)9-8-23-10-12-29-13-11-23;1-21(17(24)12-5-4-6-13(11-12)23(26)27)19-20-14-7-2-3-8-15(14)22(19)16-9-10-28-18(16)25;1-21(2)10-11-22-16-9-4-3-8-15(16)19-18(22)20-17(24)13-6-5-7-14(12-13)23(25)26;/h4-12,15H,1-2,13-14H2,3H3;1-7,14H,8-13H2,(H,21,22,26);2-8,11,16H,9-10H2,1H3;3-9,12H,10-11H2,1-2H3,(H,19,20,24);1H4. The molecule has 0 bridgehead atoms. The maximum absolute atomic E-state index is 13.1. The van der Waals surface area contributed by atoms with Crippen molar-refractivity contribution in [3.8, 4) is 0 Å². The van der Waals surface area contributed by atoms with Gasteiger partial charge >= 0.3 is 5.97 Å². The van der Waals surface area contributed by atoms with Gasteiger partial charge in [0.1, 0.15) is 6.04 Å². The van der Waals surface area contributed by atoms with Crippen molar-refractivity contribution >= 4 is 115 Å². The normalized spacial score (nSPS) is 13.1. The summed E-state index contributed by atoms with van der Waals surface area (Å²) in [5.41, 5.74) is 8.42. The van der Waals surface area contributed by atoms with E-state index in [0.717, 1.165) is 78.1 Å². The number of imidazole rings is 4. The molecule has 1 atom stereocenters. The summed E-state index contributed by atoms with van der Waals surface area (Å²) >= 11 is 0. The summed E-state index contributed by atoms with van der Waals surface area (Å²) < 4.78 is 18.1. The van der Waals surface area contributed by atoms with Crippen LogP contribution in [0.4, 0.5) is 40.9 Å². The molecule has 2 N–H and O–H groups in total. The van der Waals surface area contributed by atoms with Gasteiger partial charge < -0.3 is 28.1 Å². The summed E-state index contributed by atoms with van der Waals surface area (Å²) in [7, 11) is 5.47. The highest BCUT2D eigenvalue weighted by molar-refractivity contribution is 6.08. The number of esters is 1. The molecule has 4 amide bonds. The van der Waals surface area contributed by atoms with E-state index in [1.165, 1.54) is 78.7 Å². The minimum absolute atomic E-state index is 0. The van der Waals surface area contributed by atoms with Gasteiger partial charge in [0.15, 0.2) is 0 Å². The lowest BCUT2D eigenvalue weighted by Gasteiger charge is -2.26. The van der Waals surface area contributed by atoms with E-state index in [1.807, 2.05) is 155 Å². The van der Waals surface area contributed by atoms with Crippen molar-refractivity contribution in [2.24, 2.45) is 0 Å². The molecule has 12 aromatic rings. The van der Waals surface area contributed by atoms with Crippen LogP contribution in [0.25, 0.3) is 44.1 Å². The maximum Gasteiger partial charge on any atom is 0.329 e. The minimum Gasteiger partial charge on any atom is -0.464 e. The zero-order valence-electron chi connectivity index (χ0n) is 59.6. The molecule has 30 heteroatoms. The number of nitro groups is 3. The lowest BCUT2D eigenvalue weighted by atomic mass is 10.1. The van der Waals surface area contributed by atoms with Crippen LogP contribution in [0.5, 0.6) is 0 Å². The van der Waals surface area contributed by atoms with Gasteiger partial charge in [0, 0.05) is 124 Å². The highest BCUT2D eigenvalue weighted by atomic mass is 16.6. The van der Waals surface area contributed by atoms with Crippen molar-refractivity contribution < 1.29 is 48.2 Å². The summed E-state index contributed by atoms with van der Waals surface area (Å²) in [6.07, 6.45) is 4.00. The van der Waals surface area contributed by atoms with Crippen LogP contribution in [0.1, 0.15) is 66.9 Å². The van der Waals surface area contributed by atoms with Crippen molar-refractivity contribution in [2.75, 3.05) is 94.1 Å². The highest BCUT2D eigenvalue weighted by Crippen LogP contribution is 2.33. The number of cyclic esters (lactones) is 1. The smallest absolute Gasteiger partial charge is 0.329 e. The van der Waals surface area contributed by atoms with Gasteiger partial charge in [-0.2, -0.15) is 0 Å². The average Bonchev–Trinajstić information content (AvgIpc) is 1.69. The molecular formula is C79H81N17O13. The SMILES string of the molecule is C.C=CCN(C(=O)c1cccc(C)c1)c1nc2ccccc2n1CC=C.CN(C(=O)c1cccc([N+](=O)[O-])c1)c1nc2ccccc2n1C1CCOC1=O.CN(C)CCn1c(NC(=O)c2cccc([N+](=O)[O-])c2)nc2ccccc21.O=C(Nc1nc2ccccc2n1CCN1CCOCC1)c1cccc([N+](=O)[O-])c1. The van der Waals surface area contributed by atoms with Crippen molar-refractivity contribution in [2.45, 2.75) is 46.4 Å². The number of likely N-dealkylation sites (N-methyl/N-ethyl adjacent to an activating group) is 1. The quantitative estimate of drug-likeness (QED) is 0.0275. The van der Waals surface area contributed by atoms with Gasteiger partial charge in [-0.25, -0.2) is 24.7 Å². The van der Waals surface area contributed by atoms with Crippen molar-refractivity contribution in [1.82, 2.24) is 48.0 Å². The number of hydrogen-bond acceptors (Lipinski definition) is 19. The molecule has 1 unspecified atom stereocenters. The molecule has 6 heterocycles. The first-order chi connectivity index (χ1) is 52.2. The predicted molar refractivity (Wildman–Crippen MR) is 417 cm³/mol. The molecule has 8 aromatic carbocycles. The first-order valence-electron chi connectivity index (χ1n) is 34.4. The summed E-state index contributed by atoms with van der Waals surface area (Å²) in [5, 5.41) is 38.5. The molecule has 4 aromatic heterocycles. The Morgan fingerprint density at radius 1 is 0.532 bits per heavy atom. The number of fused-ring (bicyclic) bond motifs is 4. The largest absolute Gasteiger partial charge is 0.464 e. The zero-order valence-corrected chi connectivity index (χ0v) is 59.6. The predicted octanol–water partition coefficient (Wildman–Crippen LogP) is 13.0. The Balaban J connectivity index is 0.000000155. The van der Waals surface area contributed by atoms with E-state index in [2.05, 4.69) is 43.6 Å². The third-order valence-corrected chi connectivity index (χ3v) is 17.6. The number of aromatic nitrogens is 8. The van der Waals surface area contributed by atoms with Crippen molar-refractivity contribution in [1.29, 1.82) is 0 Å². The highest BCUT2D eigenvalue weighted by Gasteiger charge is 2.34. The van der Waals surface area contributed by atoms with E-state index >= 15 is 0 Å². The number of benzene rings is 8. The van der Waals surface area contributed by atoms with Crippen LogP contribution in [0.2, 0.25) is 0 Å². The Labute approximate surface area is 626 Å². The van der Waals surface area contributed by atoms with Crippen LogP contribution in [0.3, 0.4) is 0 Å². The fourth-order valence-corrected chi connectivity index (χ4v) is 12.3. The molecular weight excluding hydrogens is 1390 g/mol. The Kier molecular flexibility index (Phi) is 25.8. The van der Waals surface area contributed by atoms with Gasteiger partial charge in [-0.05, 0) is 99.9 Å². The topological polar surface area (TPSA) is 342 Å². The molecule has 30 nitrogen and oxygen atoms in total. The lowest BCUT2D eigenvalue weighted by molar-refractivity contribution is -0.385. The molecule has 0 saturated carbocycles. The molecule has 0 radical (unpaired) electrons. The van der Waals surface area contributed by atoms with E-state index in [9.17, 15) is 54.3 Å². The molecule has 2 aliphatic heterocycles. The van der Waals surface area contributed by atoms with E-state index in [-0.39, 0.29) is 59.0 Å². The van der Waals surface area contributed by atoms with E-state index in [0.29, 0.717) is 73.6 Å². The number of nitrogens with zero attached hydrogens (tertiary/aromatic N) is 15. The number of hydrogen-bond donors (Lipinski definition) is 2. The Bertz CT molecular complexity index is 5370. The number of anilines is 4. The number of para-hydroxylation sites is 8. The number of nitrogens with one attached hydrogen (secondary N) is 2. The van der Waals surface area contributed by atoms with Crippen LogP contribution in [-0.4, -0.2) is 166 Å². The van der Waals surface area contributed by atoms with Gasteiger partial charge in [0.05, 0.1) is 78.7 Å². The van der Waals surface area contributed by atoms with E-state index in [1.54, 1.807) is 33.8 Å². The minimum atomic E-state index is -0.581. The molecule has 2 saturated heterocycles. The Hall–Kier alpha value is -13.5. The molecule has 2 aliphatic rings. The number of allylic oxidation sites excluding steroid dienone is 1. The summed E-state index contributed by atoms with van der Waals surface area (Å²) in [4.78, 5) is 120. The molecule has 14 rings (SSSR count). The van der Waals surface area contributed by atoms with E-state index in [4.69, 9.17) is 14.5 Å². The lowest BCUT2D eigenvalue weighted by Crippen LogP contribution is -2.38. The number of carbonyl (C=O) groups excluding carboxylic acids is 5. The number of nitro benzene ring substituents is 3. The van der Waals surface area contributed by atoms with Gasteiger partial charge in [-0.3, -0.25) is 79.4 Å². The van der Waals surface area contributed by atoms with Gasteiger partial charge in [-0.1, -0.05) is 104 Å².